The molecule has 2 aromatic rings. The molecule has 1 saturated carbocycles. The van der Waals surface area contributed by atoms with Crippen LogP contribution in [0.25, 0.3) is 6.08 Å². The fourth-order valence-corrected chi connectivity index (χ4v) is 4.15. The van der Waals surface area contributed by atoms with Gasteiger partial charge in [0, 0.05) is 6.04 Å². The number of hydrogen-bond acceptors (Lipinski definition) is 3. The number of rotatable bonds is 4. The molecule has 162 valence electrons. The summed E-state index contributed by atoms with van der Waals surface area (Å²) in [6.07, 6.45) is 9.45. The van der Waals surface area contributed by atoms with E-state index in [1.165, 1.54) is 36.3 Å². The fourth-order valence-electron chi connectivity index (χ4n) is 4.15. The molecule has 1 aliphatic carbocycles. The van der Waals surface area contributed by atoms with Gasteiger partial charge in [-0.1, -0.05) is 56.4 Å². The Hall–Kier alpha value is -3.15. The standard InChI is InChI=1S/C25H27FN2O3/c26-19-14-12-18(13-15-19)16-23-25(30)28(21-10-6-7-11-22(21)31-23)17-24(29)27-20-8-4-2-1-3-5-9-20/h6-7,10-16,20H,1-5,8-9,17H2,(H,27,29). The molecule has 0 spiro atoms. The number of halogens is 1. The Morgan fingerprint density at radius 1 is 1.03 bits per heavy atom. The minimum atomic E-state index is -0.393. The Balaban J connectivity index is 1.53. The predicted molar refractivity (Wildman–Crippen MR) is 118 cm³/mol. The first kappa shape index (κ1) is 21.1. The lowest BCUT2D eigenvalue weighted by atomic mass is 9.97. The molecule has 2 amide bonds. The van der Waals surface area contributed by atoms with Gasteiger partial charge in [0.05, 0.1) is 5.69 Å². The quantitative estimate of drug-likeness (QED) is 0.719. The Bertz CT molecular complexity index is 963. The van der Waals surface area contributed by atoms with Crippen LogP contribution >= 0.6 is 0 Å². The highest BCUT2D eigenvalue weighted by Gasteiger charge is 2.32. The first-order valence-electron chi connectivity index (χ1n) is 11.0. The third-order valence-electron chi connectivity index (χ3n) is 5.77. The maximum absolute atomic E-state index is 13.2. The number of benzene rings is 2. The van der Waals surface area contributed by atoms with Crippen molar-refractivity contribution in [1.29, 1.82) is 0 Å². The average molecular weight is 423 g/mol. The Kier molecular flexibility index (Phi) is 6.65. The number of nitrogens with zero attached hydrogens (tertiary/aromatic N) is 1. The number of fused-ring (bicyclic) bond motifs is 1. The molecule has 0 unspecified atom stereocenters. The smallest absolute Gasteiger partial charge is 0.294 e. The van der Waals surface area contributed by atoms with Gasteiger partial charge in [-0.15, -0.1) is 0 Å². The molecule has 0 saturated heterocycles. The van der Waals surface area contributed by atoms with Crippen LogP contribution in [-0.4, -0.2) is 24.4 Å². The monoisotopic (exact) mass is 422 g/mol. The van der Waals surface area contributed by atoms with Crippen molar-refractivity contribution in [2.75, 3.05) is 11.4 Å². The third-order valence-corrected chi connectivity index (χ3v) is 5.77. The highest BCUT2D eigenvalue weighted by molar-refractivity contribution is 6.12. The summed E-state index contributed by atoms with van der Waals surface area (Å²) >= 11 is 0. The molecule has 5 nitrogen and oxygen atoms in total. The molecule has 31 heavy (non-hydrogen) atoms. The van der Waals surface area contributed by atoms with Gasteiger partial charge in [-0.3, -0.25) is 14.5 Å². The van der Waals surface area contributed by atoms with Crippen molar-refractivity contribution in [2.45, 2.75) is 51.0 Å². The zero-order chi connectivity index (χ0) is 21.6. The van der Waals surface area contributed by atoms with Crippen molar-refractivity contribution in [3.8, 4) is 5.75 Å². The number of ether oxygens (including phenoxy) is 1. The second-order valence-corrected chi connectivity index (χ2v) is 8.13. The fraction of sp³-hybridized carbons (Fsp3) is 0.360. The molecule has 0 atom stereocenters. The largest absolute Gasteiger partial charge is 0.449 e. The molecular formula is C25H27FN2O3. The second-order valence-electron chi connectivity index (χ2n) is 8.13. The zero-order valence-corrected chi connectivity index (χ0v) is 17.5. The van der Waals surface area contributed by atoms with E-state index in [0.717, 1.165) is 25.7 Å². The van der Waals surface area contributed by atoms with Crippen molar-refractivity contribution >= 4 is 23.6 Å². The summed E-state index contributed by atoms with van der Waals surface area (Å²) in [6, 6.07) is 13.1. The molecule has 6 heteroatoms. The molecule has 4 rings (SSSR count). The van der Waals surface area contributed by atoms with Crippen LogP contribution in [-0.2, 0) is 9.59 Å². The van der Waals surface area contributed by atoms with Gasteiger partial charge in [-0.25, -0.2) is 4.39 Å². The van der Waals surface area contributed by atoms with Crippen LogP contribution in [0.5, 0.6) is 5.75 Å². The molecule has 0 aromatic heterocycles. The van der Waals surface area contributed by atoms with E-state index in [9.17, 15) is 14.0 Å². The number of carbonyl (C=O) groups is 2. The van der Waals surface area contributed by atoms with Crippen LogP contribution in [0.4, 0.5) is 10.1 Å². The second kappa shape index (κ2) is 9.77. The molecule has 1 N–H and O–H groups in total. The summed E-state index contributed by atoms with van der Waals surface area (Å²) in [5, 5.41) is 3.12. The molecular weight excluding hydrogens is 395 g/mol. The van der Waals surface area contributed by atoms with Crippen molar-refractivity contribution in [3.63, 3.8) is 0 Å². The van der Waals surface area contributed by atoms with E-state index in [0.29, 0.717) is 17.0 Å². The van der Waals surface area contributed by atoms with Crippen molar-refractivity contribution in [2.24, 2.45) is 0 Å². The van der Waals surface area contributed by atoms with E-state index in [1.807, 2.05) is 12.1 Å². The van der Waals surface area contributed by atoms with E-state index >= 15 is 0 Å². The number of hydrogen-bond donors (Lipinski definition) is 1. The predicted octanol–water partition coefficient (Wildman–Crippen LogP) is 4.82. The maximum atomic E-state index is 13.2. The zero-order valence-electron chi connectivity index (χ0n) is 17.5. The van der Waals surface area contributed by atoms with Crippen LogP contribution in [0.2, 0.25) is 0 Å². The van der Waals surface area contributed by atoms with E-state index in [1.54, 1.807) is 30.3 Å². The average Bonchev–Trinajstić information content (AvgIpc) is 2.74. The van der Waals surface area contributed by atoms with Crippen molar-refractivity contribution < 1.29 is 18.7 Å². The molecule has 0 radical (unpaired) electrons. The van der Waals surface area contributed by atoms with Gasteiger partial charge in [0.15, 0.2) is 11.5 Å². The topological polar surface area (TPSA) is 58.6 Å². The van der Waals surface area contributed by atoms with Gasteiger partial charge in [0.25, 0.3) is 5.91 Å². The van der Waals surface area contributed by atoms with E-state index in [-0.39, 0.29) is 30.1 Å². The lowest BCUT2D eigenvalue weighted by Gasteiger charge is -2.30. The van der Waals surface area contributed by atoms with Gasteiger partial charge in [-0.05, 0) is 48.7 Å². The highest BCUT2D eigenvalue weighted by atomic mass is 19.1. The highest BCUT2D eigenvalue weighted by Crippen LogP contribution is 2.35. The summed E-state index contributed by atoms with van der Waals surface area (Å²) in [7, 11) is 0. The molecule has 1 heterocycles. The summed E-state index contributed by atoms with van der Waals surface area (Å²) < 4.78 is 19.0. The summed E-state index contributed by atoms with van der Waals surface area (Å²) in [4.78, 5) is 27.4. The van der Waals surface area contributed by atoms with E-state index in [4.69, 9.17) is 4.74 Å². The molecule has 2 aliphatic rings. The first-order valence-corrected chi connectivity index (χ1v) is 11.0. The van der Waals surface area contributed by atoms with Crippen LogP contribution in [0.3, 0.4) is 0 Å². The van der Waals surface area contributed by atoms with Crippen LogP contribution < -0.4 is 15.0 Å². The number of amides is 2. The lowest BCUT2D eigenvalue weighted by Crippen LogP contribution is -2.46. The van der Waals surface area contributed by atoms with Gasteiger partial charge in [0.1, 0.15) is 12.4 Å². The van der Waals surface area contributed by atoms with Gasteiger partial charge in [0.2, 0.25) is 5.91 Å². The lowest BCUT2D eigenvalue weighted by molar-refractivity contribution is -0.124. The molecule has 0 bridgehead atoms. The van der Waals surface area contributed by atoms with E-state index in [2.05, 4.69) is 5.32 Å². The molecule has 1 aliphatic heterocycles. The van der Waals surface area contributed by atoms with Gasteiger partial charge < -0.3 is 10.1 Å². The summed E-state index contributed by atoms with van der Waals surface area (Å²) in [6.45, 7) is -0.0730. The Morgan fingerprint density at radius 3 is 2.45 bits per heavy atom. The first-order chi connectivity index (χ1) is 15.1. The van der Waals surface area contributed by atoms with Crippen LogP contribution in [0.1, 0.15) is 50.5 Å². The number of para-hydroxylation sites is 2. The summed E-state index contributed by atoms with van der Waals surface area (Å²) in [5.74, 6) is -0.304. The van der Waals surface area contributed by atoms with Crippen LogP contribution in [0, 0.1) is 5.82 Å². The maximum Gasteiger partial charge on any atom is 0.294 e. The number of carbonyl (C=O) groups excluding carboxylic acids is 2. The number of nitrogens with one attached hydrogen (secondary N) is 1. The minimum Gasteiger partial charge on any atom is -0.449 e. The SMILES string of the molecule is O=C(CN1C(=O)C(=Cc2ccc(F)cc2)Oc2ccccc21)NC1CCCCCCC1. The minimum absolute atomic E-state index is 0.0730. The molecule has 1 fully saturated rings. The van der Waals surface area contributed by atoms with Crippen molar-refractivity contribution in [1.82, 2.24) is 5.32 Å². The van der Waals surface area contributed by atoms with Crippen LogP contribution in [0.15, 0.2) is 54.3 Å². The van der Waals surface area contributed by atoms with E-state index < -0.39 is 5.91 Å². The Morgan fingerprint density at radius 2 is 1.71 bits per heavy atom. The van der Waals surface area contributed by atoms with Crippen molar-refractivity contribution in [3.05, 3.63) is 65.7 Å². The van der Waals surface area contributed by atoms with Gasteiger partial charge >= 0.3 is 0 Å². The Labute approximate surface area is 181 Å². The summed E-state index contributed by atoms with van der Waals surface area (Å²) in [5.41, 5.74) is 1.21. The van der Waals surface area contributed by atoms with Gasteiger partial charge in [-0.2, -0.15) is 0 Å². The molecule has 2 aromatic carbocycles. The number of anilines is 1. The third kappa shape index (κ3) is 5.32. The normalized spacial score (nSPS) is 18.7.